The summed E-state index contributed by atoms with van der Waals surface area (Å²) in [7, 11) is 0. The predicted molar refractivity (Wildman–Crippen MR) is 84.3 cm³/mol. The fraction of sp³-hybridized carbons (Fsp3) is 0.118. The average Bonchev–Trinajstić information content (AvgIpc) is 2.84. The zero-order valence-electron chi connectivity index (χ0n) is 11.5. The molecule has 0 amide bonds. The monoisotopic (exact) mass is 298 g/mol. The number of carboxylic acid groups (broad SMARTS) is 1. The van der Waals surface area contributed by atoms with Gasteiger partial charge in [-0.1, -0.05) is 36.4 Å². The van der Waals surface area contributed by atoms with Crippen LogP contribution in [-0.2, 0) is 6.61 Å². The number of ether oxygens (including phenoxy) is 1. The van der Waals surface area contributed by atoms with E-state index in [1.807, 2.05) is 55.5 Å². The van der Waals surface area contributed by atoms with E-state index in [1.54, 1.807) is 0 Å². The molecule has 0 aliphatic heterocycles. The lowest BCUT2D eigenvalue weighted by Gasteiger charge is -2.08. The number of carbonyl (C=O) groups is 1. The third kappa shape index (κ3) is 2.62. The van der Waals surface area contributed by atoms with E-state index < -0.39 is 5.97 Å². The summed E-state index contributed by atoms with van der Waals surface area (Å²) in [5.74, 6) is -0.152. The van der Waals surface area contributed by atoms with E-state index in [0.29, 0.717) is 11.5 Å². The van der Waals surface area contributed by atoms with Gasteiger partial charge < -0.3 is 9.84 Å². The topological polar surface area (TPSA) is 46.5 Å². The molecule has 0 radical (unpaired) electrons. The Morgan fingerprint density at radius 2 is 1.90 bits per heavy atom. The van der Waals surface area contributed by atoms with E-state index in [2.05, 4.69) is 0 Å². The molecule has 0 fully saturated rings. The molecule has 0 spiro atoms. The lowest BCUT2D eigenvalue weighted by atomic mass is 10.1. The number of aryl methyl sites for hydroxylation is 1. The number of fused-ring (bicyclic) bond motifs is 1. The van der Waals surface area contributed by atoms with Gasteiger partial charge in [0.1, 0.15) is 17.2 Å². The summed E-state index contributed by atoms with van der Waals surface area (Å²) >= 11 is 1.29. The predicted octanol–water partition coefficient (Wildman–Crippen LogP) is 4.49. The van der Waals surface area contributed by atoms with Crippen LogP contribution in [0.2, 0.25) is 0 Å². The number of hydrogen-bond donors (Lipinski definition) is 1. The number of carboxylic acids is 1. The second-order valence-corrected chi connectivity index (χ2v) is 5.82. The maximum atomic E-state index is 11.3. The molecule has 0 aliphatic rings. The van der Waals surface area contributed by atoms with Crippen molar-refractivity contribution in [1.29, 1.82) is 0 Å². The molecule has 0 aliphatic carbocycles. The van der Waals surface area contributed by atoms with Crippen molar-refractivity contribution in [2.24, 2.45) is 0 Å². The van der Waals surface area contributed by atoms with E-state index >= 15 is 0 Å². The zero-order chi connectivity index (χ0) is 14.8. The number of rotatable bonds is 4. The van der Waals surface area contributed by atoms with Crippen LogP contribution in [0.25, 0.3) is 10.1 Å². The second-order valence-electron chi connectivity index (χ2n) is 4.76. The van der Waals surface area contributed by atoms with Crippen molar-refractivity contribution in [3.8, 4) is 5.75 Å². The molecule has 0 atom stereocenters. The fourth-order valence-electron chi connectivity index (χ4n) is 2.33. The number of hydrogen-bond acceptors (Lipinski definition) is 3. The van der Waals surface area contributed by atoms with Crippen molar-refractivity contribution in [3.63, 3.8) is 0 Å². The number of thiophene rings is 1. The van der Waals surface area contributed by atoms with E-state index in [0.717, 1.165) is 27.0 Å². The Bertz CT molecular complexity index is 790. The van der Waals surface area contributed by atoms with E-state index in [4.69, 9.17) is 4.74 Å². The van der Waals surface area contributed by atoms with Crippen LogP contribution in [0.3, 0.4) is 0 Å². The first-order valence-electron chi connectivity index (χ1n) is 6.59. The van der Waals surface area contributed by atoms with Gasteiger partial charge in [-0.3, -0.25) is 0 Å². The summed E-state index contributed by atoms with van der Waals surface area (Å²) < 4.78 is 6.83. The van der Waals surface area contributed by atoms with Crippen LogP contribution in [0.1, 0.15) is 20.8 Å². The minimum atomic E-state index is -0.886. The largest absolute Gasteiger partial charge is 0.488 e. The van der Waals surface area contributed by atoms with Gasteiger partial charge in [0.05, 0.1) is 0 Å². The highest BCUT2D eigenvalue weighted by Gasteiger charge is 2.17. The fourth-order valence-corrected chi connectivity index (χ4v) is 3.39. The Morgan fingerprint density at radius 3 is 2.62 bits per heavy atom. The minimum Gasteiger partial charge on any atom is -0.488 e. The van der Waals surface area contributed by atoms with Crippen molar-refractivity contribution in [3.05, 3.63) is 64.5 Å². The summed E-state index contributed by atoms with van der Waals surface area (Å²) in [5.41, 5.74) is 1.85. The first kappa shape index (κ1) is 13.6. The molecule has 3 rings (SSSR count). The van der Waals surface area contributed by atoms with Crippen molar-refractivity contribution >= 4 is 27.4 Å². The van der Waals surface area contributed by atoms with Crippen LogP contribution in [-0.4, -0.2) is 11.1 Å². The van der Waals surface area contributed by atoms with Crippen molar-refractivity contribution < 1.29 is 14.6 Å². The highest BCUT2D eigenvalue weighted by Crippen LogP contribution is 2.37. The third-order valence-electron chi connectivity index (χ3n) is 3.35. The van der Waals surface area contributed by atoms with Crippen molar-refractivity contribution in [2.45, 2.75) is 13.5 Å². The summed E-state index contributed by atoms with van der Waals surface area (Å²) in [6, 6.07) is 15.6. The summed E-state index contributed by atoms with van der Waals surface area (Å²) in [6.07, 6.45) is 0. The molecular formula is C17H14O3S. The normalized spacial score (nSPS) is 10.7. The van der Waals surface area contributed by atoms with Gasteiger partial charge in [-0.2, -0.15) is 0 Å². The standard InChI is InChI=1S/C17H14O3S/c1-11-15-13(20-10-12-6-3-2-4-7-12)8-5-9-14(15)21-16(11)17(18)19/h2-9H,10H2,1H3,(H,18,19). The maximum absolute atomic E-state index is 11.3. The number of aromatic carboxylic acids is 1. The molecule has 1 N–H and O–H groups in total. The highest BCUT2D eigenvalue weighted by atomic mass is 32.1. The van der Waals surface area contributed by atoms with Crippen LogP contribution in [0.4, 0.5) is 0 Å². The molecule has 1 heterocycles. The second kappa shape index (κ2) is 5.58. The maximum Gasteiger partial charge on any atom is 0.346 e. The third-order valence-corrected chi connectivity index (χ3v) is 4.59. The Hall–Kier alpha value is -2.33. The van der Waals surface area contributed by atoms with Gasteiger partial charge in [0, 0.05) is 10.1 Å². The molecule has 21 heavy (non-hydrogen) atoms. The minimum absolute atomic E-state index is 0.376. The molecule has 2 aromatic carbocycles. The van der Waals surface area contributed by atoms with Crippen LogP contribution in [0, 0.1) is 6.92 Å². The van der Waals surface area contributed by atoms with Gasteiger partial charge in [-0.15, -0.1) is 11.3 Å². The molecule has 3 aromatic rings. The Balaban J connectivity index is 1.97. The smallest absolute Gasteiger partial charge is 0.346 e. The van der Waals surface area contributed by atoms with Crippen LogP contribution in [0.5, 0.6) is 5.75 Å². The Labute approximate surface area is 126 Å². The van der Waals surface area contributed by atoms with Crippen LogP contribution >= 0.6 is 11.3 Å². The lowest BCUT2D eigenvalue weighted by Crippen LogP contribution is -1.97. The highest BCUT2D eigenvalue weighted by molar-refractivity contribution is 7.21. The molecule has 1 aromatic heterocycles. The molecule has 0 saturated heterocycles. The summed E-state index contributed by atoms with van der Waals surface area (Å²) in [6.45, 7) is 2.30. The average molecular weight is 298 g/mol. The lowest BCUT2D eigenvalue weighted by molar-refractivity contribution is 0.0701. The van der Waals surface area contributed by atoms with Gasteiger partial charge in [-0.25, -0.2) is 4.79 Å². The summed E-state index contributed by atoms with van der Waals surface area (Å²) in [5, 5.41) is 10.1. The first-order chi connectivity index (χ1) is 10.2. The SMILES string of the molecule is Cc1c(C(=O)O)sc2cccc(OCc3ccccc3)c12. The van der Waals surface area contributed by atoms with E-state index in [1.165, 1.54) is 11.3 Å². The van der Waals surface area contributed by atoms with Gasteiger partial charge in [-0.05, 0) is 30.2 Å². The quantitative estimate of drug-likeness (QED) is 0.772. The molecule has 0 unspecified atom stereocenters. The zero-order valence-corrected chi connectivity index (χ0v) is 12.3. The molecular weight excluding hydrogens is 284 g/mol. The Kier molecular flexibility index (Phi) is 3.62. The van der Waals surface area contributed by atoms with Gasteiger partial charge in [0.2, 0.25) is 0 Å². The van der Waals surface area contributed by atoms with Gasteiger partial charge in [0.15, 0.2) is 0 Å². The van der Waals surface area contributed by atoms with Crippen molar-refractivity contribution in [2.75, 3.05) is 0 Å². The molecule has 3 nitrogen and oxygen atoms in total. The van der Waals surface area contributed by atoms with Crippen molar-refractivity contribution in [1.82, 2.24) is 0 Å². The molecule has 106 valence electrons. The molecule has 0 bridgehead atoms. The van der Waals surface area contributed by atoms with Crippen LogP contribution < -0.4 is 4.74 Å². The molecule has 0 saturated carbocycles. The number of benzene rings is 2. The Morgan fingerprint density at radius 1 is 1.14 bits per heavy atom. The first-order valence-corrected chi connectivity index (χ1v) is 7.40. The van der Waals surface area contributed by atoms with E-state index in [-0.39, 0.29) is 0 Å². The van der Waals surface area contributed by atoms with Crippen LogP contribution in [0.15, 0.2) is 48.5 Å². The summed E-state index contributed by atoms with van der Waals surface area (Å²) in [4.78, 5) is 11.6. The van der Waals surface area contributed by atoms with Gasteiger partial charge >= 0.3 is 5.97 Å². The van der Waals surface area contributed by atoms with Gasteiger partial charge in [0.25, 0.3) is 0 Å². The van der Waals surface area contributed by atoms with E-state index in [9.17, 15) is 9.90 Å². The molecule has 4 heteroatoms.